The van der Waals surface area contributed by atoms with E-state index in [1.54, 1.807) is 6.92 Å². The van der Waals surface area contributed by atoms with E-state index in [2.05, 4.69) is 17.1 Å². The van der Waals surface area contributed by atoms with Gasteiger partial charge < -0.3 is 20.0 Å². The number of amides is 3. The van der Waals surface area contributed by atoms with Crippen LogP contribution in [0.4, 0.5) is 10.5 Å². The van der Waals surface area contributed by atoms with Crippen molar-refractivity contribution in [1.82, 2.24) is 14.7 Å². The second-order valence-electron chi connectivity index (χ2n) is 9.22. The summed E-state index contributed by atoms with van der Waals surface area (Å²) in [6.07, 6.45) is 5.11. The number of nitrogens with zero attached hydrogens (tertiary/aromatic N) is 3. The zero-order valence-electron chi connectivity index (χ0n) is 19.2. The molecule has 6 nitrogen and oxygen atoms in total. The third-order valence-electron chi connectivity index (χ3n) is 6.73. The van der Waals surface area contributed by atoms with Crippen molar-refractivity contribution in [3.05, 3.63) is 28.8 Å². The maximum Gasteiger partial charge on any atom is 0.322 e. The first-order chi connectivity index (χ1) is 14.8. The SMILES string of the molecule is CC(=O)N1CCC(N(CCCN2CCC(C)CC2)C(=O)Nc2ccc(C)cc2Cl)CC1. The lowest BCUT2D eigenvalue weighted by molar-refractivity contribution is -0.130. The van der Waals surface area contributed by atoms with Gasteiger partial charge in [0.15, 0.2) is 0 Å². The first-order valence-corrected chi connectivity index (χ1v) is 12.0. The topological polar surface area (TPSA) is 55.9 Å². The van der Waals surface area contributed by atoms with Gasteiger partial charge in [0, 0.05) is 32.6 Å². The number of benzene rings is 1. The summed E-state index contributed by atoms with van der Waals surface area (Å²) in [5.74, 6) is 0.935. The van der Waals surface area contributed by atoms with E-state index in [1.807, 2.05) is 34.9 Å². The molecule has 172 valence electrons. The number of halogens is 1. The van der Waals surface area contributed by atoms with E-state index in [4.69, 9.17) is 11.6 Å². The number of hydrogen-bond acceptors (Lipinski definition) is 3. The van der Waals surface area contributed by atoms with Crippen LogP contribution in [-0.4, -0.2) is 71.9 Å². The molecule has 7 heteroatoms. The number of aryl methyl sites for hydroxylation is 1. The van der Waals surface area contributed by atoms with Crippen molar-refractivity contribution in [3.63, 3.8) is 0 Å². The Bertz CT molecular complexity index is 756. The molecule has 2 aliphatic heterocycles. The summed E-state index contributed by atoms with van der Waals surface area (Å²) in [6.45, 7) is 11.4. The molecule has 3 rings (SSSR count). The molecular formula is C24H37ClN4O2. The Hall–Kier alpha value is -1.79. The molecule has 2 heterocycles. The molecule has 1 aromatic rings. The molecule has 0 radical (unpaired) electrons. The van der Waals surface area contributed by atoms with Crippen LogP contribution in [0, 0.1) is 12.8 Å². The number of hydrogen-bond donors (Lipinski definition) is 1. The van der Waals surface area contributed by atoms with E-state index in [1.165, 1.54) is 12.8 Å². The van der Waals surface area contributed by atoms with E-state index < -0.39 is 0 Å². The molecule has 0 spiro atoms. The van der Waals surface area contributed by atoms with E-state index in [0.29, 0.717) is 30.3 Å². The van der Waals surface area contributed by atoms with Gasteiger partial charge in [-0.05, 0) is 82.3 Å². The van der Waals surface area contributed by atoms with Crippen molar-refractivity contribution in [2.45, 2.75) is 58.9 Å². The van der Waals surface area contributed by atoms with Gasteiger partial charge in [-0.25, -0.2) is 4.79 Å². The van der Waals surface area contributed by atoms with Crippen molar-refractivity contribution >= 4 is 29.2 Å². The van der Waals surface area contributed by atoms with Crippen molar-refractivity contribution in [2.24, 2.45) is 5.92 Å². The maximum absolute atomic E-state index is 13.3. The number of urea groups is 1. The zero-order valence-corrected chi connectivity index (χ0v) is 20.0. The van der Waals surface area contributed by atoms with Gasteiger partial charge in [0.05, 0.1) is 10.7 Å². The molecule has 2 fully saturated rings. The summed E-state index contributed by atoms with van der Waals surface area (Å²) in [5.41, 5.74) is 1.71. The normalized spacial score (nSPS) is 18.8. The molecule has 0 atom stereocenters. The van der Waals surface area contributed by atoms with Gasteiger partial charge in [-0.2, -0.15) is 0 Å². The van der Waals surface area contributed by atoms with Gasteiger partial charge >= 0.3 is 6.03 Å². The van der Waals surface area contributed by atoms with Gasteiger partial charge in [-0.15, -0.1) is 0 Å². The minimum Gasteiger partial charge on any atom is -0.343 e. The summed E-state index contributed by atoms with van der Waals surface area (Å²) >= 11 is 6.35. The van der Waals surface area contributed by atoms with Gasteiger partial charge in [0.25, 0.3) is 0 Å². The molecule has 0 aliphatic carbocycles. The van der Waals surface area contributed by atoms with Crippen LogP contribution in [0.15, 0.2) is 18.2 Å². The van der Waals surface area contributed by atoms with E-state index in [0.717, 1.165) is 50.4 Å². The lowest BCUT2D eigenvalue weighted by atomic mass is 9.99. The Kier molecular flexibility index (Phi) is 8.61. The average molecular weight is 449 g/mol. The van der Waals surface area contributed by atoms with Crippen LogP contribution >= 0.6 is 11.6 Å². The monoisotopic (exact) mass is 448 g/mol. The van der Waals surface area contributed by atoms with Gasteiger partial charge in [-0.1, -0.05) is 24.6 Å². The zero-order chi connectivity index (χ0) is 22.4. The number of carbonyl (C=O) groups is 2. The molecule has 0 aromatic heterocycles. The molecule has 0 unspecified atom stereocenters. The van der Waals surface area contributed by atoms with Gasteiger partial charge in [0.1, 0.15) is 0 Å². The molecule has 0 saturated carbocycles. The summed E-state index contributed by atoms with van der Waals surface area (Å²) in [4.78, 5) is 31.3. The number of rotatable bonds is 6. The number of piperidine rings is 2. The molecule has 31 heavy (non-hydrogen) atoms. The molecule has 2 saturated heterocycles. The van der Waals surface area contributed by atoms with Gasteiger partial charge in [0.2, 0.25) is 5.91 Å². The quantitative estimate of drug-likeness (QED) is 0.691. The Labute approximate surface area is 191 Å². The first kappa shape index (κ1) is 23.9. The Morgan fingerprint density at radius 3 is 2.42 bits per heavy atom. The Balaban J connectivity index is 1.61. The number of nitrogens with one attached hydrogen (secondary N) is 1. The van der Waals surface area contributed by atoms with Crippen LogP contribution in [0.25, 0.3) is 0 Å². The highest BCUT2D eigenvalue weighted by Crippen LogP contribution is 2.25. The third kappa shape index (κ3) is 6.84. The second-order valence-corrected chi connectivity index (χ2v) is 9.63. The predicted octanol–water partition coefficient (Wildman–Crippen LogP) is 4.62. The highest BCUT2D eigenvalue weighted by atomic mass is 35.5. The lowest BCUT2D eigenvalue weighted by Crippen LogP contribution is -2.50. The van der Waals surface area contributed by atoms with Crippen LogP contribution in [0.3, 0.4) is 0 Å². The fraction of sp³-hybridized carbons (Fsp3) is 0.667. The molecular weight excluding hydrogens is 412 g/mol. The maximum atomic E-state index is 13.3. The summed E-state index contributed by atoms with van der Waals surface area (Å²) in [6, 6.07) is 5.72. The molecule has 1 N–H and O–H groups in total. The van der Waals surface area contributed by atoms with E-state index in [-0.39, 0.29) is 18.0 Å². The highest BCUT2D eigenvalue weighted by molar-refractivity contribution is 6.33. The van der Waals surface area contributed by atoms with Crippen molar-refractivity contribution in [1.29, 1.82) is 0 Å². The first-order valence-electron chi connectivity index (χ1n) is 11.6. The minimum absolute atomic E-state index is 0.0979. The van der Waals surface area contributed by atoms with Crippen molar-refractivity contribution in [2.75, 3.05) is 44.6 Å². The molecule has 1 aromatic carbocycles. The van der Waals surface area contributed by atoms with Gasteiger partial charge in [-0.3, -0.25) is 4.79 Å². The molecule has 3 amide bonds. The van der Waals surface area contributed by atoms with Crippen LogP contribution in [0.5, 0.6) is 0 Å². The van der Waals surface area contributed by atoms with E-state index >= 15 is 0 Å². The summed E-state index contributed by atoms with van der Waals surface area (Å²) in [5, 5.41) is 3.58. The number of anilines is 1. The van der Waals surface area contributed by atoms with Crippen LogP contribution in [-0.2, 0) is 4.79 Å². The largest absolute Gasteiger partial charge is 0.343 e. The summed E-state index contributed by atoms with van der Waals surface area (Å²) < 4.78 is 0. The van der Waals surface area contributed by atoms with Crippen LogP contribution < -0.4 is 5.32 Å². The van der Waals surface area contributed by atoms with Crippen molar-refractivity contribution < 1.29 is 9.59 Å². The second kappa shape index (κ2) is 11.2. The average Bonchev–Trinajstić information content (AvgIpc) is 2.74. The van der Waals surface area contributed by atoms with E-state index in [9.17, 15) is 9.59 Å². The fourth-order valence-corrected chi connectivity index (χ4v) is 4.88. The van der Waals surface area contributed by atoms with Crippen LogP contribution in [0.1, 0.15) is 51.5 Å². The Morgan fingerprint density at radius 1 is 1.13 bits per heavy atom. The third-order valence-corrected chi connectivity index (χ3v) is 7.04. The summed E-state index contributed by atoms with van der Waals surface area (Å²) in [7, 11) is 0. The molecule has 2 aliphatic rings. The predicted molar refractivity (Wildman–Crippen MR) is 127 cm³/mol. The fourth-order valence-electron chi connectivity index (χ4n) is 4.60. The van der Waals surface area contributed by atoms with Crippen LogP contribution in [0.2, 0.25) is 5.02 Å². The number of likely N-dealkylation sites (tertiary alicyclic amines) is 2. The van der Waals surface area contributed by atoms with Crippen molar-refractivity contribution in [3.8, 4) is 0 Å². The smallest absolute Gasteiger partial charge is 0.322 e. The minimum atomic E-state index is -0.0979. The lowest BCUT2D eigenvalue weighted by Gasteiger charge is -2.39. The Morgan fingerprint density at radius 2 is 1.81 bits per heavy atom. The molecule has 0 bridgehead atoms. The highest BCUT2D eigenvalue weighted by Gasteiger charge is 2.29. The standard InChI is InChI=1S/C24H37ClN4O2/c1-18-7-13-27(14-8-18)11-4-12-29(21-9-15-28(16-10-21)20(3)30)24(31)26-23-6-5-19(2)17-22(23)25/h5-6,17-18,21H,4,7-16H2,1-3H3,(H,26,31). The number of carbonyl (C=O) groups excluding carboxylic acids is 2.